The van der Waals surface area contributed by atoms with Gasteiger partial charge >= 0.3 is 5.97 Å². The Hall–Kier alpha value is -4.53. The molecule has 9 heteroatoms. The Kier molecular flexibility index (Phi) is 8.21. The molecule has 3 aromatic carbocycles. The first kappa shape index (κ1) is 29.5. The molecule has 1 fully saturated rings. The van der Waals surface area contributed by atoms with Gasteiger partial charge in [0.15, 0.2) is 0 Å². The minimum atomic E-state index is -1.20. The van der Waals surface area contributed by atoms with Gasteiger partial charge in [0.2, 0.25) is 0 Å². The predicted octanol–water partition coefficient (Wildman–Crippen LogP) is 5.94. The summed E-state index contributed by atoms with van der Waals surface area (Å²) in [4.78, 5) is 40.2. The Morgan fingerprint density at radius 2 is 1.75 bits per heavy atom. The van der Waals surface area contributed by atoms with Crippen LogP contribution in [0.4, 0.5) is 8.78 Å². The Balaban J connectivity index is 1.40. The number of rotatable bonds is 7. The number of pyridine rings is 1. The normalized spacial score (nSPS) is 15.5. The molecule has 44 heavy (non-hydrogen) atoms. The molecule has 2 heterocycles. The molecule has 1 N–H and O–H groups in total. The average Bonchev–Trinajstić information content (AvgIpc) is 3.53. The molecule has 7 nitrogen and oxygen atoms in total. The number of carbonyl (C=O) groups is 2. The zero-order chi connectivity index (χ0) is 31.0. The molecule has 1 aliphatic carbocycles. The van der Waals surface area contributed by atoms with Crippen LogP contribution in [0.2, 0.25) is 0 Å². The molecule has 0 radical (unpaired) electrons. The van der Waals surface area contributed by atoms with Crippen LogP contribution in [-0.2, 0) is 29.4 Å². The van der Waals surface area contributed by atoms with Crippen LogP contribution in [0.5, 0.6) is 5.75 Å². The summed E-state index contributed by atoms with van der Waals surface area (Å²) in [6, 6.07) is 13.3. The van der Waals surface area contributed by atoms with Crippen molar-refractivity contribution >= 4 is 22.8 Å². The highest BCUT2D eigenvalue weighted by atomic mass is 19.1. The molecule has 228 valence electrons. The van der Waals surface area contributed by atoms with E-state index in [1.54, 1.807) is 11.6 Å². The van der Waals surface area contributed by atoms with Gasteiger partial charge in [-0.15, -0.1) is 0 Å². The molecule has 2 aliphatic rings. The standard InChI is InChI=1S/C35H34F2N2O5/c1-20-23-11-5-6-15-29(23)39(2)34(41)30(20)25-17-16-21(24-12-8-18-43-32(24)25)19-28(35(42)44-22-9-3-4-10-22)38-33(40)31-26(36)13-7-14-27(31)37/h5-7,11,13-17,22,28H,3-4,8-10,12,18-19H2,1-2H3,(H,38,40)/t28-/m0/s1. The molecule has 1 saturated carbocycles. The molecule has 0 bridgehead atoms. The van der Waals surface area contributed by atoms with Gasteiger partial charge in [-0.1, -0.05) is 36.4 Å². The van der Waals surface area contributed by atoms with Crippen molar-refractivity contribution in [2.45, 2.75) is 64.0 Å². The Labute approximate surface area is 253 Å². The number of amides is 1. The van der Waals surface area contributed by atoms with E-state index in [1.807, 2.05) is 43.3 Å². The summed E-state index contributed by atoms with van der Waals surface area (Å²) in [6.07, 6.45) is 4.45. The van der Waals surface area contributed by atoms with Gasteiger partial charge in [0.1, 0.15) is 35.1 Å². The molecule has 1 atom stereocenters. The fourth-order valence-corrected chi connectivity index (χ4v) is 6.50. The maximum Gasteiger partial charge on any atom is 0.329 e. The van der Waals surface area contributed by atoms with E-state index in [2.05, 4.69) is 5.32 Å². The molecular formula is C35H34F2N2O5. The topological polar surface area (TPSA) is 86.6 Å². The van der Waals surface area contributed by atoms with Crippen molar-refractivity contribution in [3.05, 3.63) is 98.8 Å². The Bertz CT molecular complexity index is 1810. The molecule has 1 amide bonds. The van der Waals surface area contributed by atoms with Gasteiger partial charge < -0.3 is 19.4 Å². The first-order chi connectivity index (χ1) is 21.2. The van der Waals surface area contributed by atoms with Crippen LogP contribution < -0.4 is 15.6 Å². The third kappa shape index (κ3) is 5.47. The first-order valence-electron chi connectivity index (χ1n) is 15.1. The minimum absolute atomic E-state index is 0.0219. The fourth-order valence-electron chi connectivity index (χ4n) is 6.50. The number of aromatic nitrogens is 1. The number of nitrogens with one attached hydrogen (secondary N) is 1. The van der Waals surface area contributed by atoms with E-state index >= 15 is 0 Å². The number of nitrogens with zero attached hydrogens (tertiary/aromatic N) is 1. The third-order valence-electron chi connectivity index (χ3n) is 8.80. The van der Waals surface area contributed by atoms with E-state index in [1.165, 1.54) is 6.07 Å². The van der Waals surface area contributed by atoms with Gasteiger partial charge in [-0.2, -0.15) is 0 Å². The van der Waals surface area contributed by atoms with Crippen molar-refractivity contribution < 1.29 is 27.8 Å². The maximum atomic E-state index is 14.5. The lowest BCUT2D eigenvalue weighted by Gasteiger charge is -2.26. The van der Waals surface area contributed by atoms with E-state index in [0.29, 0.717) is 29.9 Å². The van der Waals surface area contributed by atoms with Gasteiger partial charge in [-0.3, -0.25) is 9.59 Å². The van der Waals surface area contributed by atoms with Crippen molar-refractivity contribution in [3.8, 4) is 16.9 Å². The summed E-state index contributed by atoms with van der Waals surface area (Å²) in [7, 11) is 1.75. The van der Waals surface area contributed by atoms with Gasteiger partial charge in [-0.05, 0) is 80.3 Å². The molecule has 0 unspecified atom stereocenters. The number of ether oxygens (including phenoxy) is 2. The molecule has 1 aromatic heterocycles. The second-order valence-electron chi connectivity index (χ2n) is 11.6. The summed E-state index contributed by atoms with van der Waals surface area (Å²) in [5.41, 5.74) is 3.51. The van der Waals surface area contributed by atoms with Crippen molar-refractivity contribution in [3.63, 3.8) is 0 Å². The molecule has 0 saturated heterocycles. The van der Waals surface area contributed by atoms with Crippen LogP contribution in [0.15, 0.2) is 59.4 Å². The number of para-hydroxylation sites is 1. The van der Waals surface area contributed by atoms with Crippen molar-refractivity contribution in [2.75, 3.05) is 6.61 Å². The summed E-state index contributed by atoms with van der Waals surface area (Å²) < 4.78 is 42.5. The number of benzene rings is 3. The molecule has 0 spiro atoms. The monoisotopic (exact) mass is 600 g/mol. The smallest absolute Gasteiger partial charge is 0.329 e. The fraction of sp³-hybridized carbons (Fsp3) is 0.343. The van der Waals surface area contributed by atoms with Gasteiger partial charge in [0.25, 0.3) is 11.5 Å². The number of fused-ring (bicyclic) bond motifs is 2. The molecule has 6 rings (SSSR count). The van der Waals surface area contributed by atoms with E-state index in [9.17, 15) is 23.2 Å². The van der Waals surface area contributed by atoms with Gasteiger partial charge in [0, 0.05) is 24.4 Å². The van der Waals surface area contributed by atoms with Crippen LogP contribution in [-0.4, -0.2) is 35.2 Å². The lowest BCUT2D eigenvalue weighted by molar-refractivity contribution is -0.151. The SMILES string of the molecule is Cc1c(-c2ccc(C[C@H](NC(=O)c3c(F)cccc3F)C(=O)OC3CCCC3)c3c2OCCC3)c(=O)n(C)c2ccccc12. The molecule has 1 aliphatic heterocycles. The largest absolute Gasteiger partial charge is 0.493 e. The summed E-state index contributed by atoms with van der Waals surface area (Å²) in [6.45, 7) is 2.39. The van der Waals surface area contributed by atoms with Crippen LogP contribution in [0, 0.1) is 18.6 Å². The van der Waals surface area contributed by atoms with Crippen LogP contribution in [0.3, 0.4) is 0 Å². The first-order valence-corrected chi connectivity index (χ1v) is 15.1. The molecular weight excluding hydrogens is 566 g/mol. The number of hydrogen-bond donors (Lipinski definition) is 1. The second kappa shape index (κ2) is 12.2. The third-order valence-corrected chi connectivity index (χ3v) is 8.80. The highest BCUT2D eigenvalue weighted by molar-refractivity contribution is 5.97. The highest BCUT2D eigenvalue weighted by Gasteiger charge is 2.31. The Morgan fingerprint density at radius 1 is 1.02 bits per heavy atom. The van der Waals surface area contributed by atoms with Crippen molar-refractivity contribution in [1.29, 1.82) is 0 Å². The van der Waals surface area contributed by atoms with Crippen molar-refractivity contribution in [2.24, 2.45) is 7.05 Å². The number of halogens is 2. The van der Waals surface area contributed by atoms with Gasteiger partial charge in [-0.25, -0.2) is 13.6 Å². The lowest BCUT2D eigenvalue weighted by atomic mass is 9.89. The maximum absolute atomic E-state index is 14.5. The van der Waals surface area contributed by atoms with Crippen LogP contribution >= 0.6 is 0 Å². The summed E-state index contributed by atoms with van der Waals surface area (Å²) >= 11 is 0. The average molecular weight is 601 g/mol. The predicted molar refractivity (Wildman–Crippen MR) is 163 cm³/mol. The van der Waals surface area contributed by atoms with E-state index < -0.39 is 35.1 Å². The van der Waals surface area contributed by atoms with E-state index in [0.717, 1.165) is 71.8 Å². The highest BCUT2D eigenvalue weighted by Crippen LogP contribution is 2.40. The van der Waals surface area contributed by atoms with Gasteiger partial charge in [0.05, 0.1) is 17.7 Å². The van der Waals surface area contributed by atoms with Crippen LogP contribution in [0.25, 0.3) is 22.0 Å². The van der Waals surface area contributed by atoms with Crippen LogP contribution in [0.1, 0.15) is 59.2 Å². The molecule has 4 aromatic rings. The number of esters is 1. The quantitative estimate of drug-likeness (QED) is 0.265. The van der Waals surface area contributed by atoms with E-state index in [-0.39, 0.29) is 18.1 Å². The summed E-state index contributed by atoms with van der Waals surface area (Å²) in [5, 5.41) is 3.50. The lowest BCUT2D eigenvalue weighted by Crippen LogP contribution is -2.45. The van der Waals surface area contributed by atoms with Crippen molar-refractivity contribution in [1.82, 2.24) is 9.88 Å². The zero-order valence-electron chi connectivity index (χ0n) is 24.8. The Morgan fingerprint density at radius 3 is 2.50 bits per heavy atom. The summed E-state index contributed by atoms with van der Waals surface area (Å²) in [5.74, 6) is -3.17. The number of carbonyl (C=O) groups excluding carboxylic acids is 2. The number of hydrogen-bond acceptors (Lipinski definition) is 5. The number of aryl methyl sites for hydroxylation is 2. The second-order valence-corrected chi connectivity index (χ2v) is 11.6. The zero-order valence-corrected chi connectivity index (χ0v) is 24.8. The minimum Gasteiger partial charge on any atom is -0.493 e. The van der Waals surface area contributed by atoms with E-state index in [4.69, 9.17) is 9.47 Å².